The van der Waals surface area contributed by atoms with Crippen molar-refractivity contribution in [1.29, 1.82) is 0 Å². The summed E-state index contributed by atoms with van der Waals surface area (Å²) in [6.07, 6.45) is 0.261. The lowest BCUT2D eigenvalue weighted by molar-refractivity contribution is 0.00745. The number of carbonyl (C=O) groups is 2. The average Bonchev–Trinajstić information content (AvgIpc) is 2.76. The number of hydrogen-bond acceptors (Lipinski definition) is 4. The number of nitrogens with zero attached hydrogens (tertiary/aromatic N) is 2. The Morgan fingerprint density at radius 3 is 2.38 bits per heavy atom. The van der Waals surface area contributed by atoms with E-state index in [4.69, 9.17) is 9.47 Å². The van der Waals surface area contributed by atoms with Crippen molar-refractivity contribution < 1.29 is 23.5 Å². The number of ether oxygens (including phenoxy) is 2. The van der Waals surface area contributed by atoms with Crippen molar-refractivity contribution in [2.24, 2.45) is 0 Å². The minimum Gasteiger partial charge on any atom is -0.445 e. The van der Waals surface area contributed by atoms with Gasteiger partial charge in [-0.05, 0) is 56.9 Å². The van der Waals surface area contributed by atoms with Crippen molar-refractivity contribution in [2.45, 2.75) is 57.9 Å². The van der Waals surface area contributed by atoms with Gasteiger partial charge < -0.3 is 19.3 Å². The third kappa shape index (κ3) is 6.22. The quantitative estimate of drug-likeness (QED) is 0.624. The molecule has 0 radical (unpaired) electrons. The van der Waals surface area contributed by atoms with Crippen molar-refractivity contribution in [3.05, 3.63) is 71.5 Å². The summed E-state index contributed by atoms with van der Waals surface area (Å²) in [5.41, 5.74) is 1.10. The number of hydrogen-bond donors (Lipinski definition) is 0. The van der Waals surface area contributed by atoms with Gasteiger partial charge in [-0.3, -0.25) is 0 Å². The van der Waals surface area contributed by atoms with Gasteiger partial charge in [-0.2, -0.15) is 0 Å². The molecule has 0 N–H and O–H groups in total. The maximum Gasteiger partial charge on any atom is 0.410 e. The zero-order valence-electron chi connectivity index (χ0n) is 19.1. The maximum atomic E-state index is 13.5. The molecule has 2 amide bonds. The number of benzene rings is 2. The van der Waals surface area contributed by atoms with Crippen molar-refractivity contribution in [2.75, 3.05) is 13.6 Å². The first kappa shape index (κ1) is 23.6. The van der Waals surface area contributed by atoms with Gasteiger partial charge in [0.25, 0.3) is 0 Å². The molecule has 1 aliphatic rings. The minimum absolute atomic E-state index is 0.127. The van der Waals surface area contributed by atoms with Gasteiger partial charge >= 0.3 is 12.2 Å². The normalized spacial score (nSPS) is 18.7. The topological polar surface area (TPSA) is 59.1 Å². The van der Waals surface area contributed by atoms with Crippen molar-refractivity contribution >= 4 is 12.2 Å². The zero-order chi connectivity index (χ0) is 23.3. The Labute approximate surface area is 188 Å². The predicted octanol–water partition coefficient (Wildman–Crippen LogP) is 5.53. The van der Waals surface area contributed by atoms with E-state index < -0.39 is 17.8 Å². The van der Waals surface area contributed by atoms with Crippen LogP contribution in [0.15, 0.2) is 54.6 Å². The minimum atomic E-state index is -0.594. The first-order chi connectivity index (χ1) is 15.1. The SMILES string of the molecule is CN(C(=O)OC(C)(C)C)C1CCN(C(=O)OCc2ccccc2)C(c2ccc(F)cc2)C1. The molecule has 2 atom stereocenters. The number of carbonyl (C=O) groups excluding carboxylic acids is 2. The van der Waals surface area contributed by atoms with Crippen LogP contribution in [0, 0.1) is 5.82 Å². The van der Waals surface area contributed by atoms with E-state index in [1.165, 1.54) is 12.1 Å². The molecule has 0 aliphatic carbocycles. The summed E-state index contributed by atoms with van der Waals surface area (Å²) >= 11 is 0. The van der Waals surface area contributed by atoms with Gasteiger partial charge in [-0.25, -0.2) is 14.0 Å². The van der Waals surface area contributed by atoms with Crippen molar-refractivity contribution in [3.63, 3.8) is 0 Å². The van der Waals surface area contributed by atoms with Crippen molar-refractivity contribution in [1.82, 2.24) is 9.80 Å². The van der Waals surface area contributed by atoms with Crippen LogP contribution in [-0.4, -0.2) is 47.2 Å². The van der Waals surface area contributed by atoms with E-state index in [2.05, 4.69) is 0 Å². The largest absolute Gasteiger partial charge is 0.445 e. The Morgan fingerprint density at radius 1 is 1.09 bits per heavy atom. The average molecular weight is 443 g/mol. The van der Waals surface area contributed by atoms with Gasteiger partial charge in [-0.1, -0.05) is 42.5 Å². The van der Waals surface area contributed by atoms with Crippen LogP contribution in [0.2, 0.25) is 0 Å². The number of amides is 2. The number of rotatable bonds is 4. The van der Waals surface area contributed by atoms with Crippen molar-refractivity contribution in [3.8, 4) is 0 Å². The highest BCUT2D eigenvalue weighted by atomic mass is 19.1. The Bertz CT molecular complexity index is 912. The fraction of sp³-hybridized carbons (Fsp3) is 0.440. The fourth-order valence-electron chi connectivity index (χ4n) is 3.80. The Hall–Kier alpha value is -3.09. The van der Waals surface area contributed by atoms with Gasteiger partial charge in [-0.15, -0.1) is 0 Å². The van der Waals surface area contributed by atoms with Crippen LogP contribution in [0.25, 0.3) is 0 Å². The van der Waals surface area contributed by atoms with E-state index in [0.29, 0.717) is 19.4 Å². The van der Waals surface area contributed by atoms with E-state index in [1.54, 1.807) is 29.0 Å². The van der Waals surface area contributed by atoms with E-state index in [1.807, 2.05) is 51.1 Å². The standard InChI is InChI=1S/C25H31FN2O4/c1-25(2,3)32-23(29)27(4)21-14-15-28(22(16-21)19-10-12-20(26)13-11-19)24(30)31-17-18-8-6-5-7-9-18/h5-13,21-22H,14-17H2,1-4H3. The molecule has 7 heteroatoms. The molecular formula is C25H31FN2O4. The predicted molar refractivity (Wildman–Crippen MR) is 119 cm³/mol. The van der Waals surface area contributed by atoms with Gasteiger partial charge in [0.1, 0.15) is 18.0 Å². The summed E-state index contributed by atoms with van der Waals surface area (Å²) in [6, 6.07) is 15.1. The lowest BCUT2D eigenvalue weighted by atomic mass is 9.91. The van der Waals surface area contributed by atoms with Crippen LogP contribution in [0.1, 0.15) is 50.8 Å². The van der Waals surface area contributed by atoms with E-state index in [9.17, 15) is 14.0 Å². The summed E-state index contributed by atoms with van der Waals surface area (Å²) in [7, 11) is 1.71. The first-order valence-corrected chi connectivity index (χ1v) is 10.8. The third-order valence-corrected chi connectivity index (χ3v) is 5.50. The van der Waals surface area contributed by atoms with Gasteiger partial charge in [0, 0.05) is 19.6 Å². The molecule has 0 spiro atoms. The second-order valence-corrected chi connectivity index (χ2v) is 9.07. The molecule has 0 saturated carbocycles. The molecule has 172 valence electrons. The Kier molecular flexibility index (Phi) is 7.38. The summed E-state index contributed by atoms with van der Waals surface area (Å²) in [5.74, 6) is -0.342. The first-order valence-electron chi connectivity index (χ1n) is 10.8. The maximum absolute atomic E-state index is 13.5. The van der Waals surface area contributed by atoms with Gasteiger partial charge in [0.15, 0.2) is 0 Å². The van der Waals surface area contributed by atoms with Crippen LogP contribution >= 0.6 is 0 Å². The summed E-state index contributed by atoms with van der Waals surface area (Å²) < 4.78 is 24.6. The van der Waals surface area contributed by atoms with Gasteiger partial charge in [0.05, 0.1) is 6.04 Å². The Morgan fingerprint density at radius 2 is 1.75 bits per heavy atom. The molecule has 32 heavy (non-hydrogen) atoms. The second-order valence-electron chi connectivity index (χ2n) is 9.07. The monoisotopic (exact) mass is 442 g/mol. The molecule has 2 unspecified atom stereocenters. The smallest absolute Gasteiger partial charge is 0.410 e. The summed E-state index contributed by atoms with van der Waals surface area (Å²) in [4.78, 5) is 28.8. The van der Waals surface area contributed by atoms with E-state index in [-0.39, 0.29) is 24.5 Å². The molecule has 1 saturated heterocycles. The molecule has 2 aromatic rings. The van der Waals surface area contributed by atoms with E-state index in [0.717, 1.165) is 11.1 Å². The highest BCUT2D eigenvalue weighted by Crippen LogP contribution is 2.34. The van der Waals surface area contributed by atoms with Crippen LogP contribution in [0.3, 0.4) is 0 Å². The fourth-order valence-corrected chi connectivity index (χ4v) is 3.80. The molecule has 3 rings (SSSR count). The molecular weight excluding hydrogens is 411 g/mol. The lowest BCUT2D eigenvalue weighted by Gasteiger charge is -2.42. The van der Waals surface area contributed by atoms with Crippen LogP contribution in [-0.2, 0) is 16.1 Å². The summed E-state index contributed by atoms with van der Waals surface area (Å²) in [5, 5.41) is 0. The molecule has 0 aromatic heterocycles. The number of halogens is 1. The number of piperidine rings is 1. The molecule has 1 fully saturated rings. The molecule has 0 bridgehead atoms. The summed E-state index contributed by atoms with van der Waals surface area (Å²) in [6.45, 7) is 6.06. The van der Waals surface area contributed by atoms with E-state index >= 15 is 0 Å². The highest BCUT2D eigenvalue weighted by molar-refractivity contribution is 5.70. The highest BCUT2D eigenvalue weighted by Gasteiger charge is 2.37. The van der Waals surface area contributed by atoms with Gasteiger partial charge in [0.2, 0.25) is 0 Å². The zero-order valence-corrected chi connectivity index (χ0v) is 19.1. The lowest BCUT2D eigenvalue weighted by Crippen LogP contribution is -2.49. The van der Waals surface area contributed by atoms with Crippen LogP contribution in [0.4, 0.5) is 14.0 Å². The number of likely N-dealkylation sites (tertiary alicyclic amines) is 1. The van der Waals surface area contributed by atoms with Crippen LogP contribution in [0.5, 0.6) is 0 Å². The Balaban J connectivity index is 1.75. The molecule has 1 aliphatic heterocycles. The second kappa shape index (κ2) is 10.0. The third-order valence-electron chi connectivity index (χ3n) is 5.50. The molecule has 6 nitrogen and oxygen atoms in total. The molecule has 2 aromatic carbocycles. The van der Waals surface area contributed by atoms with Crippen LogP contribution < -0.4 is 0 Å². The molecule has 1 heterocycles.